The average Bonchev–Trinajstić information content (AvgIpc) is 2.88. The van der Waals surface area contributed by atoms with Gasteiger partial charge in [0.25, 0.3) is 5.91 Å². The Morgan fingerprint density at radius 3 is 2.38 bits per heavy atom. The molecule has 8 nitrogen and oxygen atoms in total. The lowest BCUT2D eigenvalue weighted by Gasteiger charge is -2.34. The van der Waals surface area contributed by atoms with Gasteiger partial charge in [-0.3, -0.25) is 9.69 Å². The lowest BCUT2D eigenvalue weighted by Crippen LogP contribution is -2.47. The molecule has 0 atom stereocenters. The molecule has 4 rings (SSSR count). The average molecular weight is 514 g/mol. The summed E-state index contributed by atoms with van der Waals surface area (Å²) in [5, 5.41) is 0. The van der Waals surface area contributed by atoms with Crippen LogP contribution in [0.4, 0.5) is 10.1 Å². The minimum absolute atomic E-state index is 0.0478. The second-order valence-electron chi connectivity index (χ2n) is 9.83. The van der Waals surface area contributed by atoms with Gasteiger partial charge in [-0.1, -0.05) is 0 Å². The minimum atomic E-state index is -0.657. The van der Waals surface area contributed by atoms with Crippen molar-refractivity contribution in [1.29, 1.82) is 0 Å². The highest BCUT2D eigenvalue weighted by atomic mass is 19.1. The number of methoxy groups -OCH3 is 3. The first kappa shape index (κ1) is 26.8. The number of nitrogens with zero attached hydrogens (tertiary/aromatic N) is 3. The summed E-state index contributed by atoms with van der Waals surface area (Å²) in [6, 6.07) is 6.60. The number of anilines is 1. The third kappa shape index (κ3) is 5.52. The molecule has 0 saturated carbocycles. The van der Waals surface area contributed by atoms with E-state index in [0.717, 1.165) is 26.2 Å². The Morgan fingerprint density at radius 1 is 1.03 bits per heavy atom. The van der Waals surface area contributed by atoms with Gasteiger partial charge in [0, 0.05) is 39.3 Å². The van der Waals surface area contributed by atoms with Gasteiger partial charge in [-0.2, -0.15) is 0 Å². The second kappa shape index (κ2) is 11.0. The molecule has 1 fully saturated rings. The lowest BCUT2D eigenvalue weighted by molar-refractivity contribution is 0.0974. The van der Waals surface area contributed by atoms with Crippen molar-refractivity contribution in [2.75, 3.05) is 72.5 Å². The highest BCUT2D eigenvalue weighted by Crippen LogP contribution is 2.41. The molecule has 0 aliphatic carbocycles. The molecule has 1 saturated heterocycles. The molecule has 200 valence electrons. The van der Waals surface area contributed by atoms with Gasteiger partial charge in [0.15, 0.2) is 17.3 Å². The van der Waals surface area contributed by atoms with Gasteiger partial charge in [0.05, 0.1) is 38.1 Å². The zero-order valence-electron chi connectivity index (χ0n) is 22.5. The number of carbonyl (C=O) groups excluding carboxylic acids is 1. The van der Waals surface area contributed by atoms with E-state index >= 15 is 4.39 Å². The molecule has 1 amide bonds. The van der Waals surface area contributed by atoms with Gasteiger partial charge >= 0.3 is 0 Å². The molecule has 2 aromatic carbocycles. The number of likely N-dealkylation sites (N-methyl/N-ethyl adjacent to an activating group) is 1. The number of ether oxygens (including phenoxy) is 4. The monoisotopic (exact) mass is 513 g/mol. The third-order valence-electron chi connectivity index (χ3n) is 6.85. The van der Waals surface area contributed by atoms with Gasteiger partial charge in [-0.25, -0.2) is 4.39 Å². The van der Waals surface area contributed by atoms with E-state index in [4.69, 9.17) is 18.9 Å². The number of amides is 1. The Balaban J connectivity index is 1.73. The minimum Gasteiger partial charge on any atom is -0.495 e. The molecule has 9 heteroatoms. The van der Waals surface area contributed by atoms with E-state index in [1.807, 2.05) is 26.0 Å². The normalized spacial score (nSPS) is 17.1. The Labute approximate surface area is 218 Å². The van der Waals surface area contributed by atoms with Crippen LogP contribution in [0, 0.1) is 5.82 Å². The molecule has 0 unspecified atom stereocenters. The number of hydrogen-bond donors (Lipinski definition) is 0. The molecule has 37 heavy (non-hydrogen) atoms. The van der Waals surface area contributed by atoms with E-state index in [-0.39, 0.29) is 29.6 Å². The SMILES string of the molecule is COc1ccc(N(CCN2CCN(C)CC2)C(=O)c2ccc3c(c2OC)C=CC(C)(C)O3)c(F)c1OC. The van der Waals surface area contributed by atoms with Crippen molar-refractivity contribution >= 4 is 17.7 Å². The Bertz CT molecular complexity index is 1170. The first-order valence-corrected chi connectivity index (χ1v) is 12.4. The van der Waals surface area contributed by atoms with E-state index in [1.165, 1.54) is 26.2 Å². The largest absolute Gasteiger partial charge is 0.495 e. The van der Waals surface area contributed by atoms with Crippen LogP contribution >= 0.6 is 0 Å². The Morgan fingerprint density at radius 2 is 1.73 bits per heavy atom. The summed E-state index contributed by atoms with van der Waals surface area (Å²) < 4.78 is 38.0. The van der Waals surface area contributed by atoms with E-state index in [9.17, 15) is 4.79 Å². The van der Waals surface area contributed by atoms with Gasteiger partial charge in [-0.15, -0.1) is 0 Å². The number of benzene rings is 2. The molecule has 0 spiro atoms. The topological polar surface area (TPSA) is 63.7 Å². The number of carbonyl (C=O) groups is 1. The molecule has 2 aliphatic rings. The first-order valence-electron chi connectivity index (χ1n) is 12.4. The van der Waals surface area contributed by atoms with Crippen LogP contribution in [0.3, 0.4) is 0 Å². The summed E-state index contributed by atoms with van der Waals surface area (Å²) in [5.74, 6) is 0.190. The van der Waals surface area contributed by atoms with E-state index in [1.54, 1.807) is 24.3 Å². The van der Waals surface area contributed by atoms with Crippen molar-refractivity contribution in [3.63, 3.8) is 0 Å². The standard InChI is InChI=1S/C28H36FN3O5/c1-28(2)12-11-19-22(37-28)9-7-20(25(19)35-5)27(33)32(18-17-31-15-13-30(3)14-16-31)21-8-10-23(34-4)26(36-6)24(21)29/h7-12H,13-18H2,1-6H3. The maximum atomic E-state index is 15.7. The summed E-state index contributed by atoms with van der Waals surface area (Å²) in [6.07, 6.45) is 3.82. The molecule has 0 N–H and O–H groups in total. The lowest BCUT2D eigenvalue weighted by atomic mass is 9.99. The molecule has 0 radical (unpaired) electrons. The second-order valence-corrected chi connectivity index (χ2v) is 9.83. The highest BCUT2D eigenvalue weighted by molar-refractivity contribution is 6.09. The fraction of sp³-hybridized carbons (Fsp3) is 0.464. The summed E-state index contributed by atoms with van der Waals surface area (Å²) in [4.78, 5) is 20.1. The van der Waals surface area contributed by atoms with Gasteiger partial charge in [-0.05, 0) is 57.3 Å². The zero-order chi connectivity index (χ0) is 26.7. The van der Waals surface area contributed by atoms with E-state index < -0.39 is 11.4 Å². The Hall–Kier alpha value is -3.30. The molecule has 2 heterocycles. The van der Waals surface area contributed by atoms with Crippen molar-refractivity contribution in [3.8, 4) is 23.0 Å². The van der Waals surface area contributed by atoms with Crippen molar-refractivity contribution in [3.05, 3.63) is 47.3 Å². The summed E-state index contributed by atoms with van der Waals surface area (Å²) in [7, 11) is 6.43. The zero-order valence-corrected chi connectivity index (χ0v) is 22.5. The van der Waals surface area contributed by atoms with Crippen LogP contribution < -0.4 is 23.8 Å². The maximum absolute atomic E-state index is 15.7. The molecule has 2 aliphatic heterocycles. The fourth-order valence-corrected chi connectivity index (χ4v) is 4.70. The third-order valence-corrected chi connectivity index (χ3v) is 6.85. The number of piperazine rings is 1. The van der Waals surface area contributed by atoms with Gasteiger partial charge in [0.1, 0.15) is 17.1 Å². The molecule has 0 aromatic heterocycles. The van der Waals surface area contributed by atoms with Crippen molar-refractivity contribution in [1.82, 2.24) is 9.80 Å². The van der Waals surface area contributed by atoms with Crippen LogP contribution in [0.5, 0.6) is 23.0 Å². The van der Waals surface area contributed by atoms with E-state index in [2.05, 4.69) is 16.8 Å². The van der Waals surface area contributed by atoms with Crippen LogP contribution in [0.2, 0.25) is 0 Å². The maximum Gasteiger partial charge on any atom is 0.262 e. The van der Waals surface area contributed by atoms with Gasteiger partial charge in [0.2, 0.25) is 0 Å². The van der Waals surface area contributed by atoms with Crippen LogP contribution in [0.25, 0.3) is 6.08 Å². The van der Waals surface area contributed by atoms with E-state index in [0.29, 0.717) is 29.2 Å². The number of halogens is 1. The quantitative estimate of drug-likeness (QED) is 0.530. The van der Waals surface area contributed by atoms with Crippen LogP contribution in [0.1, 0.15) is 29.8 Å². The Kier molecular flexibility index (Phi) is 7.94. The predicted molar refractivity (Wildman–Crippen MR) is 142 cm³/mol. The molecular weight excluding hydrogens is 477 g/mol. The predicted octanol–water partition coefficient (Wildman–Crippen LogP) is 3.93. The van der Waals surface area contributed by atoms with Crippen molar-refractivity contribution < 1.29 is 28.1 Å². The van der Waals surface area contributed by atoms with Crippen LogP contribution in [-0.2, 0) is 0 Å². The molecule has 0 bridgehead atoms. The van der Waals surface area contributed by atoms with Crippen LogP contribution in [-0.4, -0.2) is 89.0 Å². The van der Waals surface area contributed by atoms with Crippen LogP contribution in [0.15, 0.2) is 30.3 Å². The summed E-state index contributed by atoms with van der Waals surface area (Å²) in [6.45, 7) is 8.45. The molecular formula is C28H36FN3O5. The smallest absolute Gasteiger partial charge is 0.262 e. The fourth-order valence-electron chi connectivity index (χ4n) is 4.70. The first-order chi connectivity index (χ1) is 17.7. The number of fused-ring (bicyclic) bond motifs is 1. The van der Waals surface area contributed by atoms with Crippen molar-refractivity contribution in [2.45, 2.75) is 19.4 Å². The highest BCUT2D eigenvalue weighted by Gasteiger charge is 2.31. The molecule has 2 aromatic rings. The number of rotatable bonds is 8. The summed E-state index contributed by atoms with van der Waals surface area (Å²) in [5.41, 5.74) is 0.645. The van der Waals surface area contributed by atoms with Crippen molar-refractivity contribution in [2.24, 2.45) is 0 Å². The van der Waals surface area contributed by atoms with Gasteiger partial charge < -0.3 is 28.7 Å². The number of hydrogen-bond acceptors (Lipinski definition) is 7. The summed E-state index contributed by atoms with van der Waals surface area (Å²) >= 11 is 0.